The first kappa shape index (κ1) is 21.4. The summed E-state index contributed by atoms with van der Waals surface area (Å²) in [4.78, 5) is 26.0. The molecular weight excluding hydrogens is 402 g/mol. The predicted molar refractivity (Wildman–Crippen MR) is 126 cm³/mol. The first-order chi connectivity index (χ1) is 15.5. The van der Waals surface area contributed by atoms with Crippen LogP contribution >= 0.6 is 0 Å². The third kappa shape index (κ3) is 4.88. The summed E-state index contributed by atoms with van der Waals surface area (Å²) in [7, 11) is 0. The Morgan fingerprint density at radius 1 is 1.09 bits per heavy atom. The SMILES string of the molecule is Cc1nn(-c2ccccc2)c(C)c1/C=C/C(=O)NCc1ccc(N2CCNC(=O)C2)cc1. The number of benzene rings is 2. The van der Waals surface area contributed by atoms with Gasteiger partial charge in [-0.15, -0.1) is 0 Å². The number of hydrogen-bond acceptors (Lipinski definition) is 4. The van der Waals surface area contributed by atoms with E-state index in [0.29, 0.717) is 19.6 Å². The van der Waals surface area contributed by atoms with Gasteiger partial charge >= 0.3 is 0 Å². The van der Waals surface area contributed by atoms with Gasteiger partial charge in [0.15, 0.2) is 0 Å². The topological polar surface area (TPSA) is 79.3 Å². The number of carbonyl (C=O) groups excluding carboxylic acids is 2. The summed E-state index contributed by atoms with van der Waals surface area (Å²) in [5.74, 6) is -0.118. The molecule has 1 aliphatic heterocycles. The van der Waals surface area contributed by atoms with Crippen molar-refractivity contribution in [1.29, 1.82) is 0 Å². The average Bonchev–Trinajstić information content (AvgIpc) is 3.10. The van der Waals surface area contributed by atoms with Gasteiger partial charge in [-0.2, -0.15) is 5.10 Å². The average molecular weight is 430 g/mol. The summed E-state index contributed by atoms with van der Waals surface area (Å²) in [6, 6.07) is 17.9. The number of piperazine rings is 1. The van der Waals surface area contributed by atoms with E-state index in [1.807, 2.05) is 84.1 Å². The predicted octanol–water partition coefficient (Wildman–Crippen LogP) is 2.75. The van der Waals surface area contributed by atoms with Gasteiger partial charge in [0.25, 0.3) is 0 Å². The molecule has 0 radical (unpaired) electrons. The van der Waals surface area contributed by atoms with Gasteiger partial charge in [0.1, 0.15) is 0 Å². The molecule has 2 aromatic carbocycles. The van der Waals surface area contributed by atoms with Crippen molar-refractivity contribution >= 4 is 23.6 Å². The molecule has 1 aliphatic rings. The quantitative estimate of drug-likeness (QED) is 0.591. The second-order valence-electron chi connectivity index (χ2n) is 7.82. The standard InChI is InChI=1S/C25H27N5O2/c1-18-23(19(2)30(28-18)22-6-4-3-5-7-22)12-13-24(31)27-16-20-8-10-21(11-9-20)29-15-14-26-25(32)17-29/h3-13H,14-17H2,1-2H3,(H,26,32)(H,27,31)/b13-12+. The molecule has 4 rings (SSSR count). The molecule has 2 N–H and O–H groups in total. The van der Waals surface area contributed by atoms with Crippen LogP contribution in [0.3, 0.4) is 0 Å². The van der Waals surface area contributed by atoms with Crippen LogP contribution in [-0.2, 0) is 16.1 Å². The zero-order valence-corrected chi connectivity index (χ0v) is 18.3. The highest BCUT2D eigenvalue weighted by Crippen LogP contribution is 2.19. The smallest absolute Gasteiger partial charge is 0.244 e. The molecule has 164 valence electrons. The van der Waals surface area contributed by atoms with Crippen molar-refractivity contribution in [3.8, 4) is 5.69 Å². The zero-order valence-electron chi connectivity index (χ0n) is 18.3. The van der Waals surface area contributed by atoms with Crippen LogP contribution in [0.5, 0.6) is 0 Å². The van der Waals surface area contributed by atoms with E-state index in [4.69, 9.17) is 0 Å². The summed E-state index contributed by atoms with van der Waals surface area (Å²) in [5, 5.41) is 10.4. The highest BCUT2D eigenvalue weighted by Gasteiger charge is 2.16. The van der Waals surface area contributed by atoms with Gasteiger partial charge in [0, 0.05) is 42.7 Å². The zero-order chi connectivity index (χ0) is 22.5. The Bertz CT molecular complexity index is 1130. The van der Waals surface area contributed by atoms with Gasteiger partial charge in [-0.3, -0.25) is 9.59 Å². The number of hydrogen-bond donors (Lipinski definition) is 2. The number of anilines is 1. The first-order valence-electron chi connectivity index (χ1n) is 10.7. The van der Waals surface area contributed by atoms with E-state index in [1.54, 1.807) is 6.08 Å². The van der Waals surface area contributed by atoms with Crippen molar-refractivity contribution in [2.45, 2.75) is 20.4 Å². The van der Waals surface area contributed by atoms with Crippen molar-refractivity contribution in [3.05, 3.63) is 83.2 Å². The van der Waals surface area contributed by atoms with Crippen molar-refractivity contribution in [2.24, 2.45) is 0 Å². The molecule has 3 aromatic rings. The van der Waals surface area contributed by atoms with Gasteiger partial charge in [-0.25, -0.2) is 4.68 Å². The van der Waals surface area contributed by atoms with E-state index in [1.165, 1.54) is 0 Å². The molecule has 0 saturated carbocycles. The van der Waals surface area contributed by atoms with Crippen LogP contribution in [0.2, 0.25) is 0 Å². The first-order valence-corrected chi connectivity index (χ1v) is 10.7. The lowest BCUT2D eigenvalue weighted by molar-refractivity contribution is -0.120. The lowest BCUT2D eigenvalue weighted by Gasteiger charge is -2.28. The summed E-state index contributed by atoms with van der Waals surface area (Å²) >= 11 is 0. The number of carbonyl (C=O) groups is 2. The molecular formula is C25H27N5O2. The summed E-state index contributed by atoms with van der Waals surface area (Å²) in [6.45, 7) is 6.21. The van der Waals surface area contributed by atoms with Crippen LogP contribution < -0.4 is 15.5 Å². The molecule has 0 atom stereocenters. The molecule has 2 heterocycles. The minimum atomic E-state index is -0.159. The number of nitrogens with one attached hydrogen (secondary N) is 2. The summed E-state index contributed by atoms with van der Waals surface area (Å²) in [5.41, 5.74) is 5.80. The highest BCUT2D eigenvalue weighted by molar-refractivity contribution is 5.92. The number of rotatable bonds is 6. The van der Waals surface area contributed by atoms with Crippen molar-refractivity contribution in [2.75, 3.05) is 24.5 Å². The van der Waals surface area contributed by atoms with Crippen LogP contribution in [-0.4, -0.2) is 41.2 Å². The molecule has 32 heavy (non-hydrogen) atoms. The Morgan fingerprint density at radius 3 is 2.56 bits per heavy atom. The number of para-hydroxylation sites is 1. The van der Waals surface area contributed by atoms with E-state index in [9.17, 15) is 9.59 Å². The number of aromatic nitrogens is 2. The molecule has 0 bridgehead atoms. The monoisotopic (exact) mass is 429 g/mol. The molecule has 1 aromatic heterocycles. The van der Waals surface area contributed by atoms with Crippen LogP contribution in [0.1, 0.15) is 22.5 Å². The van der Waals surface area contributed by atoms with Gasteiger partial charge in [0.2, 0.25) is 11.8 Å². The maximum atomic E-state index is 12.4. The van der Waals surface area contributed by atoms with Gasteiger partial charge < -0.3 is 15.5 Å². The molecule has 1 fully saturated rings. The second kappa shape index (κ2) is 9.51. The molecule has 0 aliphatic carbocycles. The molecule has 0 spiro atoms. The van der Waals surface area contributed by atoms with Crippen molar-refractivity contribution in [3.63, 3.8) is 0 Å². The maximum Gasteiger partial charge on any atom is 0.244 e. The fourth-order valence-corrected chi connectivity index (χ4v) is 3.81. The Morgan fingerprint density at radius 2 is 1.84 bits per heavy atom. The molecule has 1 saturated heterocycles. The highest BCUT2D eigenvalue weighted by atomic mass is 16.2. The van der Waals surface area contributed by atoms with E-state index in [-0.39, 0.29) is 11.8 Å². The summed E-state index contributed by atoms with van der Waals surface area (Å²) < 4.78 is 1.89. The number of amides is 2. The Labute approximate surface area is 187 Å². The lowest BCUT2D eigenvalue weighted by atomic mass is 10.1. The van der Waals surface area contributed by atoms with Crippen LogP contribution in [0.15, 0.2) is 60.7 Å². The van der Waals surface area contributed by atoms with Gasteiger partial charge in [-0.1, -0.05) is 30.3 Å². The summed E-state index contributed by atoms with van der Waals surface area (Å²) in [6.07, 6.45) is 3.37. The minimum Gasteiger partial charge on any atom is -0.360 e. The number of nitrogens with zero attached hydrogens (tertiary/aromatic N) is 3. The second-order valence-corrected chi connectivity index (χ2v) is 7.82. The third-order valence-electron chi connectivity index (χ3n) is 5.56. The van der Waals surface area contributed by atoms with E-state index in [0.717, 1.165) is 40.4 Å². The third-order valence-corrected chi connectivity index (χ3v) is 5.56. The van der Waals surface area contributed by atoms with Crippen molar-refractivity contribution in [1.82, 2.24) is 20.4 Å². The van der Waals surface area contributed by atoms with Gasteiger partial charge in [-0.05, 0) is 49.8 Å². The Balaban J connectivity index is 1.35. The normalized spacial score (nSPS) is 13.9. The Hall–Kier alpha value is -3.87. The maximum absolute atomic E-state index is 12.4. The molecule has 2 amide bonds. The molecule has 7 nitrogen and oxygen atoms in total. The fraction of sp³-hybridized carbons (Fsp3) is 0.240. The van der Waals surface area contributed by atoms with Gasteiger partial charge in [0.05, 0.1) is 17.9 Å². The van der Waals surface area contributed by atoms with Crippen LogP contribution in [0.25, 0.3) is 11.8 Å². The van der Waals surface area contributed by atoms with E-state index < -0.39 is 0 Å². The van der Waals surface area contributed by atoms with E-state index in [2.05, 4.69) is 15.7 Å². The molecule has 7 heteroatoms. The minimum absolute atomic E-state index is 0.0409. The fourth-order valence-electron chi connectivity index (χ4n) is 3.81. The number of aryl methyl sites for hydroxylation is 1. The van der Waals surface area contributed by atoms with Crippen LogP contribution in [0, 0.1) is 13.8 Å². The van der Waals surface area contributed by atoms with Crippen molar-refractivity contribution < 1.29 is 9.59 Å². The van der Waals surface area contributed by atoms with E-state index >= 15 is 0 Å². The lowest BCUT2D eigenvalue weighted by Crippen LogP contribution is -2.47. The largest absolute Gasteiger partial charge is 0.360 e. The van der Waals surface area contributed by atoms with Crippen LogP contribution in [0.4, 0.5) is 5.69 Å². The molecule has 0 unspecified atom stereocenters. The Kier molecular flexibility index (Phi) is 6.35.